The van der Waals surface area contributed by atoms with E-state index in [9.17, 15) is 0 Å². The molecule has 3 aromatic carbocycles. The van der Waals surface area contributed by atoms with E-state index in [4.69, 9.17) is 10.5 Å². The fourth-order valence-corrected chi connectivity index (χ4v) is 3.16. The van der Waals surface area contributed by atoms with Crippen molar-refractivity contribution >= 4 is 21.6 Å². The fraction of sp³-hybridized carbons (Fsp3) is 0.182. The minimum Gasteiger partial charge on any atom is -0.490 e. The maximum absolute atomic E-state index is 5.99. The summed E-state index contributed by atoms with van der Waals surface area (Å²) in [6.07, 6.45) is 0. The Bertz CT molecular complexity index is 767. The number of ether oxygens (including phenoxy) is 1. The third kappa shape index (κ3) is 5.61. The van der Waals surface area contributed by atoms with Gasteiger partial charge in [-0.2, -0.15) is 0 Å². The largest absolute Gasteiger partial charge is 0.490 e. The molecule has 134 valence electrons. The molecular weight excluding hydrogens is 388 g/mol. The Hall–Kier alpha value is -2.30. The van der Waals surface area contributed by atoms with E-state index in [1.165, 1.54) is 11.1 Å². The summed E-state index contributed by atoms with van der Waals surface area (Å²) in [4.78, 5) is 2.39. The first-order chi connectivity index (χ1) is 12.7. The molecule has 0 saturated heterocycles. The molecule has 3 aromatic rings. The molecule has 4 heteroatoms. The second-order valence-electron chi connectivity index (χ2n) is 6.21. The average Bonchev–Trinajstić information content (AvgIpc) is 2.66. The van der Waals surface area contributed by atoms with E-state index in [1.54, 1.807) is 0 Å². The quantitative estimate of drug-likeness (QED) is 0.524. The van der Waals surface area contributed by atoms with Crippen molar-refractivity contribution in [3.8, 4) is 5.75 Å². The summed E-state index contributed by atoms with van der Waals surface area (Å²) < 4.78 is 6.89. The van der Waals surface area contributed by atoms with Crippen molar-refractivity contribution in [1.29, 1.82) is 0 Å². The predicted molar refractivity (Wildman–Crippen MR) is 111 cm³/mol. The monoisotopic (exact) mass is 410 g/mol. The van der Waals surface area contributed by atoms with Crippen molar-refractivity contribution in [2.45, 2.75) is 13.1 Å². The van der Waals surface area contributed by atoms with E-state index >= 15 is 0 Å². The van der Waals surface area contributed by atoms with E-state index in [-0.39, 0.29) is 0 Å². The predicted octanol–water partition coefficient (Wildman–Crippen LogP) is 5.11. The molecule has 0 heterocycles. The lowest BCUT2D eigenvalue weighted by Crippen LogP contribution is -2.27. The minimum absolute atomic E-state index is 0.584. The summed E-state index contributed by atoms with van der Waals surface area (Å²) >= 11 is 3.46. The van der Waals surface area contributed by atoms with Gasteiger partial charge < -0.3 is 10.5 Å². The Kier molecular flexibility index (Phi) is 6.69. The van der Waals surface area contributed by atoms with Crippen LogP contribution in [0.5, 0.6) is 5.75 Å². The van der Waals surface area contributed by atoms with Crippen molar-refractivity contribution < 1.29 is 4.74 Å². The molecule has 2 N–H and O–H groups in total. The summed E-state index contributed by atoms with van der Waals surface area (Å²) in [6, 6.07) is 26.7. The molecule has 0 bridgehead atoms. The second kappa shape index (κ2) is 9.41. The number of hydrogen-bond donors (Lipinski definition) is 1. The highest BCUT2D eigenvalue weighted by atomic mass is 79.9. The van der Waals surface area contributed by atoms with Gasteiger partial charge >= 0.3 is 0 Å². The zero-order valence-electron chi connectivity index (χ0n) is 14.6. The van der Waals surface area contributed by atoms with Crippen molar-refractivity contribution in [2.75, 3.05) is 18.9 Å². The van der Waals surface area contributed by atoms with Crippen LogP contribution in [0.3, 0.4) is 0 Å². The van der Waals surface area contributed by atoms with Gasteiger partial charge in [-0.3, -0.25) is 4.90 Å². The number of nitrogen functional groups attached to an aromatic ring is 1. The Morgan fingerprint density at radius 3 is 1.96 bits per heavy atom. The van der Waals surface area contributed by atoms with Gasteiger partial charge in [0.25, 0.3) is 0 Å². The Labute approximate surface area is 163 Å². The van der Waals surface area contributed by atoms with Crippen molar-refractivity contribution in [2.24, 2.45) is 0 Å². The van der Waals surface area contributed by atoms with E-state index in [2.05, 4.69) is 69.4 Å². The molecule has 0 saturated carbocycles. The lowest BCUT2D eigenvalue weighted by molar-refractivity contribution is 0.197. The molecule has 0 aliphatic carbocycles. The van der Waals surface area contributed by atoms with Gasteiger partial charge in [-0.15, -0.1) is 0 Å². The zero-order valence-corrected chi connectivity index (χ0v) is 16.2. The summed E-state index contributed by atoms with van der Waals surface area (Å²) in [5, 5.41) is 0. The summed E-state index contributed by atoms with van der Waals surface area (Å²) in [6.45, 7) is 3.16. The Morgan fingerprint density at radius 2 is 1.38 bits per heavy atom. The van der Waals surface area contributed by atoms with Gasteiger partial charge in [0.05, 0.1) is 5.69 Å². The molecule has 3 nitrogen and oxygen atoms in total. The number of anilines is 1. The summed E-state index contributed by atoms with van der Waals surface area (Å²) in [7, 11) is 0. The van der Waals surface area contributed by atoms with E-state index in [1.807, 2.05) is 30.3 Å². The molecule has 0 amide bonds. The SMILES string of the molecule is Nc1ccc(Br)cc1OCCN(Cc1ccccc1)Cc1ccccc1. The van der Waals surface area contributed by atoms with Crippen molar-refractivity contribution in [3.05, 3.63) is 94.5 Å². The molecular formula is C22H23BrN2O. The van der Waals surface area contributed by atoms with Crippen LogP contribution in [0.1, 0.15) is 11.1 Å². The van der Waals surface area contributed by atoms with Crippen LogP contribution >= 0.6 is 15.9 Å². The first kappa shape index (κ1) is 18.5. The normalized spacial score (nSPS) is 10.8. The van der Waals surface area contributed by atoms with Gasteiger partial charge in [0, 0.05) is 24.1 Å². The Balaban J connectivity index is 1.63. The van der Waals surface area contributed by atoms with Gasteiger partial charge in [0.1, 0.15) is 12.4 Å². The molecule has 26 heavy (non-hydrogen) atoms. The van der Waals surface area contributed by atoms with Crippen LogP contribution in [-0.2, 0) is 13.1 Å². The molecule has 0 atom stereocenters. The number of hydrogen-bond acceptors (Lipinski definition) is 3. The summed E-state index contributed by atoms with van der Waals surface area (Å²) in [5.41, 5.74) is 9.25. The number of rotatable bonds is 8. The van der Waals surface area contributed by atoms with E-state index in [0.29, 0.717) is 12.3 Å². The van der Waals surface area contributed by atoms with Gasteiger partial charge in [0.2, 0.25) is 0 Å². The molecule has 3 rings (SSSR count). The van der Waals surface area contributed by atoms with Crippen molar-refractivity contribution in [1.82, 2.24) is 4.90 Å². The maximum Gasteiger partial charge on any atom is 0.143 e. The van der Waals surface area contributed by atoms with Crippen LogP contribution in [0.4, 0.5) is 5.69 Å². The lowest BCUT2D eigenvalue weighted by atomic mass is 10.1. The first-order valence-electron chi connectivity index (χ1n) is 8.69. The number of nitrogens with zero attached hydrogens (tertiary/aromatic N) is 1. The van der Waals surface area contributed by atoms with Crippen LogP contribution in [0.15, 0.2) is 83.3 Å². The standard InChI is InChI=1S/C22H23BrN2O/c23-20-11-12-21(24)22(15-20)26-14-13-25(16-18-7-3-1-4-8-18)17-19-9-5-2-6-10-19/h1-12,15H,13-14,16-17,24H2. The average molecular weight is 411 g/mol. The molecule has 0 fully saturated rings. The lowest BCUT2D eigenvalue weighted by Gasteiger charge is -2.23. The van der Waals surface area contributed by atoms with Crippen LogP contribution in [-0.4, -0.2) is 18.1 Å². The van der Waals surface area contributed by atoms with Crippen molar-refractivity contribution in [3.63, 3.8) is 0 Å². The Morgan fingerprint density at radius 1 is 0.808 bits per heavy atom. The summed E-state index contributed by atoms with van der Waals surface area (Å²) in [5.74, 6) is 0.721. The van der Waals surface area contributed by atoms with E-state index < -0.39 is 0 Å². The highest BCUT2D eigenvalue weighted by molar-refractivity contribution is 9.10. The molecule has 0 spiro atoms. The molecule has 0 unspecified atom stereocenters. The maximum atomic E-state index is 5.99. The fourth-order valence-electron chi connectivity index (χ4n) is 2.82. The molecule has 0 aliphatic rings. The zero-order chi connectivity index (χ0) is 18.2. The number of halogens is 1. The molecule has 0 radical (unpaired) electrons. The van der Waals surface area contributed by atoms with Gasteiger partial charge in [0.15, 0.2) is 0 Å². The van der Waals surface area contributed by atoms with Gasteiger partial charge in [-0.05, 0) is 29.3 Å². The van der Waals surface area contributed by atoms with Crippen LogP contribution < -0.4 is 10.5 Å². The molecule has 0 aliphatic heterocycles. The second-order valence-corrected chi connectivity index (χ2v) is 7.13. The van der Waals surface area contributed by atoms with E-state index in [0.717, 1.165) is 29.9 Å². The van der Waals surface area contributed by atoms with Crippen LogP contribution in [0.25, 0.3) is 0 Å². The smallest absolute Gasteiger partial charge is 0.143 e. The third-order valence-corrected chi connectivity index (χ3v) is 4.63. The van der Waals surface area contributed by atoms with Gasteiger partial charge in [-0.25, -0.2) is 0 Å². The first-order valence-corrected chi connectivity index (χ1v) is 9.48. The highest BCUT2D eigenvalue weighted by Gasteiger charge is 2.09. The minimum atomic E-state index is 0.584. The van der Waals surface area contributed by atoms with Crippen LogP contribution in [0.2, 0.25) is 0 Å². The van der Waals surface area contributed by atoms with Crippen LogP contribution in [0, 0.1) is 0 Å². The number of nitrogens with two attached hydrogens (primary N) is 1. The molecule has 0 aromatic heterocycles. The third-order valence-electron chi connectivity index (χ3n) is 4.14. The highest BCUT2D eigenvalue weighted by Crippen LogP contribution is 2.25. The topological polar surface area (TPSA) is 38.5 Å². The number of benzene rings is 3. The van der Waals surface area contributed by atoms with Gasteiger partial charge in [-0.1, -0.05) is 76.6 Å².